The quantitative estimate of drug-likeness (QED) is 0.283. The van der Waals surface area contributed by atoms with Crippen molar-refractivity contribution in [2.24, 2.45) is 11.5 Å². The number of nitrogens with one attached hydrogen (secondary N) is 2. The molecule has 0 unspecified atom stereocenters. The minimum atomic E-state index is -0.541. The van der Waals surface area contributed by atoms with Gasteiger partial charge in [-0.2, -0.15) is 0 Å². The lowest BCUT2D eigenvalue weighted by Gasteiger charge is -2.13. The molecule has 0 aliphatic carbocycles. The fourth-order valence-electron chi connectivity index (χ4n) is 3.74. The monoisotopic (exact) mass is 453 g/mol. The third kappa shape index (κ3) is 5.22. The van der Waals surface area contributed by atoms with Gasteiger partial charge in [0.15, 0.2) is 0 Å². The standard InChI is InChI=1S/C27H27N5O2/c28-15-3-4-16-30-27(34)20-9-7-18(8-10-20)19-11-13-21(14-12-19)32-25-22-5-1-2-6-24(22)31-17-23(25)26(29)33/h1-2,5-14,17H,3-4,15-16,28H2,(H2,29,33)(H,30,34)(H,31,32). The molecule has 0 aliphatic rings. The number of fused-ring (bicyclic) bond motifs is 1. The van der Waals surface area contributed by atoms with Gasteiger partial charge in [-0.3, -0.25) is 14.6 Å². The van der Waals surface area contributed by atoms with Gasteiger partial charge in [-0.25, -0.2) is 0 Å². The lowest BCUT2D eigenvalue weighted by Crippen LogP contribution is -2.24. The zero-order valence-corrected chi connectivity index (χ0v) is 18.8. The molecule has 0 bridgehead atoms. The molecule has 0 atom stereocenters. The second-order valence-electron chi connectivity index (χ2n) is 7.96. The fraction of sp³-hybridized carbons (Fsp3) is 0.148. The molecule has 7 nitrogen and oxygen atoms in total. The maximum atomic E-state index is 12.3. The Kier molecular flexibility index (Phi) is 7.15. The van der Waals surface area contributed by atoms with E-state index in [0.717, 1.165) is 40.6 Å². The molecule has 3 aromatic carbocycles. The van der Waals surface area contributed by atoms with Gasteiger partial charge >= 0.3 is 0 Å². The topological polar surface area (TPSA) is 123 Å². The van der Waals surface area contributed by atoms with Crippen LogP contribution >= 0.6 is 0 Å². The fourth-order valence-corrected chi connectivity index (χ4v) is 3.74. The Balaban J connectivity index is 1.50. The number of hydrogen-bond acceptors (Lipinski definition) is 5. The molecule has 2 amide bonds. The highest BCUT2D eigenvalue weighted by molar-refractivity contribution is 6.07. The number of carbonyl (C=O) groups excluding carboxylic acids is 2. The van der Waals surface area contributed by atoms with Crippen LogP contribution in [0.15, 0.2) is 79.0 Å². The van der Waals surface area contributed by atoms with Crippen LogP contribution in [0.2, 0.25) is 0 Å². The Hall–Kier alpha value is -4.23. The third-order valence-electron chi connectivity index (χ3n) is 5.59. The van der Waals surface area contributed by atoms with Crippen LogP contribution in [-0.2, 0) is 0 Å². The summed E-state index contributed by atoms with van der Waals surface area (Å²) in [6.07, 6.45) is 3.26. The van der Waals surface area contributed by atoms with Crippen LogP contribution < -0.4 is 22.1 Å². The van der Waals surface area contributed by atoms with Crippen LogP contribution in [0.5, 0.6) is 0 Å². The molecule has 0 fully saturated rings. The summed E-state index contributed by atoms with van der Waals surface area (Å²) in [5.41, 5.74) is 16.2. The van der Waals surface area contributed by atoms with Gasteiger partial charge in [0.25, 0.3) is 11.8 Å². The number of carbonyl (C=O) groups is 2. The van der Waals surface area contributed by atoms with Gasteiger partial charge in [0.05, 0.1) is 16.8 Å². The number of pyridine rings is 1. The summed E-state index contributed by atoms with van der Waals surface area (Å²) in [6, 6.07) is 22.9. The van der Waals surface area contributed by atoms with Crippen molar-refractivity contribution in [3.8, 4) is 11.1 Å². The predicted octanol–water partition coefficient (Wildman–Crippen LogP) is 4.21. The number of anilines is 2. The van der Waals surface area contributed by atoms with Crippen molar-refractivity contribution in [3.63, 3.8) is 0 Å². The van der Waals surface area contributed by atoms with Crippen molar-refractivity contribution >= 4 is 34.1 Å². The highest BCUT2D eigenvalue weighted by Crippen LogP contribution is 2.30. The summed E-state index contributed by atoms with van der Waals surface area (Å²) in [6.45, 7) is 1.25. The van der Waals surface area contributed by atoms with Crippen LogP contribution in [0.4, 0.5) is 11.4 Å². The number of rotatable bonds is 9. The molecular weight excluding hydrogens is 426 g/mol. The van der Waals surface area contributed by atoms with E-state index in [-0.39, 0.29) is 5.91 Å². The summed E-state index contributed by atoms with van der Waals surface area (Å²) in [7, 11) is 0. The van der Waals surface area contributed by atoms with Crippen molar-refractivity contribution in [1.82, 2.24) is 10.3 Å². The largest absolute Gasteiger partial charge is 0.365 e. The smallest absolute Gasteiger partial charge is 0.252 e. The second kappa shape index (κ2) is 10.6. The first-order valence-corrected chi connectivity index (χ1v) is 11.2. The molecule has 4 aromatic rings. The Bertz CT molecular complexity index is 1300. The Morgan fingerprint density at radius 3 is 2.21 bits per heavy atom. The molecule has 7 heteroatoms. The van der Waals surface area contributed by atoms with Gasteiger partial charge in [-0.1, -0.05) is 42.5 Å². The summed E-state index contributed by atoms with van der Waals surface area (Å²) in [4.78, 5) is 28.5. The van der Waals surface area contributed by atoms with Gasteiger partial charge in [-0.15, -0.1) is 0 Å². The summed E-state index contributed by atoms with van der Waals surface area (Å²) < 4.78 is 0. The van der Waals surface area contributed by atoms with E-state index < -0.39 is 5.91 Å². The SMILES string of the molecule is NCCCCNC(=O)c1ccc(-c2ccc(Nc3c(C(N)=O)cnc4ccccc34)cc2)cc1. The number of unbranched alkanes of at least 4 members (excludes halogenated alkanes) is 1. The Morgan fingerprint density at radius 2 is 1.53 bits per heavy atom. The van der Waals surface area contributed by atoms with E-state index in [9.17, 15) is 9.59 Å². The number of amides is 2. The molecular formula is C27H27N5O2. The van der Waals surface area contributed by atoms with Crippen LogP contribution in [0.1, 0.15) is 33.6 Å². The van der Waals surface area contributed by atoms with Gasteiger partial charge in [0.1, 0.15) is 0 Å². The van der Waals surface area contributed by atoms with Crippen LogP contribution in [0.25, 0.3) is 22.0 Å². The van der Waals surface area contributed by atoms with E-state index in [1.165, 1.54) is 6.20 Å². The summed E-state index contributed by atoms with van der Waals surface area (Å²) >= 11 is 0. The van der Waals surface area contributed by atoms with E-state index >= 15 is 0 Å². The van der Waals surface area contributed by atoms with Crippen LogP contribution in [0, 0.1) is 0 Å². The zero-order chi connectivity index (χ0) is 23.9. The molecule has 0 radical (unpaired) electrons. The average molecular weight is 454 g/mol. The first-order valence-electron chi connectivity index (χ1n) is 11.2. The van der Waals surface area contributed by atoms with Gasteiger partial charge in [0, 0.05) is 29.4 Å². The molecule has 0 saturated heterocycles. The second-order valence-corrected chi connectivity index (χ2v) is 7.96. The highest BCUT2D eigenvalue weighted by atomic mass is 16.2. The minimum Gasteiger partial charge on any atom is -0.365 e. The number of nitrogens with zero attached hydrogens (tertiary/aromatic N) is 1. The van der Waals surface area contributed by atoms with Gasteiger partial charge in [0.2, 0.25) is 0 Å². The van der Waals surface area contributed by atoms with E-state index in [4.69, 9.17) is 11.5 Å². The van der Waals surface area contributed by atoms with Crippen LogP contribution in [0.3, 0.4) is 0 Å². The van der Waals surface area contributed by atoms with Crippen molar-refractivity contribution in [1.29, 1.82) is 0 Å². The van der Waals surface area contributed by atoms with E-state index in [2.05, 4.69) is 15.6 Å². The first kappa shape index (κ1) is 22.9. The summed E-state index contributed by atoms with van der Waals surface area (Å²) in [5.74, 6) is -0.626. The Labute approximate surface area is 198 Å². The molecule has 0 saturated carbocycles. The van der Waals surface area contributed by atoms with Crippen molar-refractivity contribution in [2.75, 3.05) is 18.4 Å². The lowest BCUT2D eigenvalue weighted by atomic mass is 10.0. The molecule has 4 rings (SSSR count). The number of hydrogen-bond donors (Lipinski definition) is 4. The zero-order valence-electron chi connectivity index (χ0n) is 18.8. The van der Waals surface area contributed by atoms with Gasteiger partial charge in [-0.05, 0) is 60.8 Å². The van der Waals surface area contributed by atoms with Crippen molar-refractivity contribution < 1.29 is 9.59 Å². The molecule has 34 heavy (non-hydrogen) atoms. The van der Waals surface area contributed by atoms with Crippen molar-refractivity contribution in [2.45, 2.75) is 12.8 Å². The number of benzene rings is 3. The first-order chi connectivity index (χ1) is 16.6. The highest BCUT2D eigenvalue weighted by Gasteiger charge is 2.13. The lowest BCUT2D eigenvalue weighted by molar-refractivity contribution is 0.0951. The number of aromatic nitrogens is 1. The average Bonchev–Trinajstić information content (AvgIpc) is 2.87. The number of para-hydroxylation sites is 1. The van der Waals surface area contributed by atoms with E-state index in [1.54, 1.807) is 0 Å². The number of nitrogens with two attached hydrogens (primary N) is 2. The summed E-state index contributed by atoms with van der Waals surface area (Å²) in [5, 5.41) is 7.05. The number of primary amides is 1. The van der Waals surface area contributed by atoms with E-state index in [1.807, 2.05) is 72.8 Å². The molecule has 0 aliphatic heterocycles. The molecule has 172 valence electrons. The normalized spacial score (nSPS) is 10.7. The molecule has 6 N–H and O–H groups in total. The molecule has 1 aromatic heterocycles. The van der Waals surface area contributed by atoms with Crippen molar-refractivity contribution in [3.05, 3.63) is 90.1 Å². The third-order valence-corrected chi connectivity index (χ3v) is 5.59. The predicted molar refractivity (Wildman–Crippen MR) is 136 cm³/mol. The maximum absolute atomic E-state index is 12.3. The molecule has 0 spiro atoms. The van der Waals surface area contributed by atoms with Crippen LogP contribution in [-0.4, -0.2) is 29.9 Å². The maximum Gasteiger partial charge on any atom is 0.252 e. The Morgan fingerprint density at radius 1 is 0.853 bits per heavy atom. The van der Waals surface area contributed by atoms with Gasteiger partial charge < -0.3 is 22.1 Å². The molecule has 1 heterocycles. The van der Waals surface area contributed by atoms with E-state index in [0.29, 0.717) is 29.9 Å². The minimum absolute atomic E-state index is 0.0852.